The third-order valence-corrected chi connectivity index (χ3v) is 0.889. The molecule has 0 aliphatic heterocycles. The number of rotatable bonds is 3. The molecule has 10 heavy (non-hydrogen) atoms. The summed E-state index contributed by atoms with van der Waals surface area (Å²) in [6.45, 7) is 2.01. The Hall–Kier alpha value is -1.06. The second-order valence-corrected chi connectivity index (χ2v) is 1.65. The van der Waals surface area contributed by atoms with Crippen molar-refractivity contribution >= 4 is 11.9 Å². The third-order valence-electron chi connectivity index (χ3n) is 0.889. The smallest absolute Gasteiger partial charge is 0.315 e. The molecular formula is C6H11NO3. The summed E-state index contributed by atoms with van der Waals surface area (Å²) >= 11 is 0. The van der Waals surface area contributed by atoms with E-state index in [2.05, 4.69) is 10.1 Å². The number of carbonyl (C=O) groups is 2. The highest BCUT2D eigenvalue weighted by Crippen LogP contribution is 1.84. The topological polar surface area (TPSA) is 55.4 Å². The van der Waals surface area contributed by atoms with Gasteiger partial charge in [0, 0.05) is 7.05 Å². The molecule has 0 aromatic heterocycles. The average Bonchev–Trinajstić information content (AvgIpc) is 1.88. The highest BCUT2D eigenvalue weighted by molar-refractivity contribution is 5.93. The molecule has 1 N–H and O–H groups in total. The number of nitrogens with one attached hydrogen (secondary N) is 1. The number of carbonyl (C=O) groups excluding carboxylic acids is 2. The van der Waals surface area contributed by atoms with Crippen LogP contribution >= 0.6 is 0 Å². The Kier molecular flexibility index (Phi) is 4.28. The van der Waals surface area contributed by atoms with E-state index in [1.54, 1.807) is 6.92 Å². The van der Waals surface area contributed by atoms with E-state index in [-0.39, 0.29) is 12.3 Å². The fraction of sp³-hybridized carbons (Fsp3) is 0.667. The van der Waals surface area contributed by atoms with Crippen molar-refractivity contribution in [3.05, 3.63) is 0 Å². The maximum Gasteiger partial charge on any atom is 0.315 e. The maximum atomic E-state index is 10.5. The summed E-state index contributed by atoms with van der Waals surface area (Å²) < 4.78 is 4.51. The lowest BCUT2D eigenvalue weighted by atomic mass is 10.4. The van der Waals surface area contributed by atoms with Gasteiger partial charge in [-0.15, -0.1) is 0 Å². The Labute approximate surface area is 59.6 Å². The van der Waals surface area contributed by atoms with Crippen LogP contribution in [-0.2, 0) is 14.3 Å². The fourth-order valence-electron chi connectivity index (χ4n) is 0.432. The highest BCUT2D eigenvalue weighted by Gasteiger charge is 2.06. The summed E-state index contributed by atoms with van der Waals surface area (Å²) in [4.78, 5) is 21.0. The first-order valence-electron chi connectivity index (χ1n) is 3.07. The zero-order chi connectivity index (χ0) is 7.98. The number of amides is 1. The minimum absolute atomic E-state index is 0.190. The molecule has 0 atom stereocenters. The van der Waals surface area contributed by atoms with Crippen LogP contribution in [-0.4, -0.2) is 25.5 Å². The van der Waals surface area contributed by atoms with Crippen LogP contribution in [0.4, 0.5) is 0 Å². The predicted octanol–water partition coefficient (Wildman–Crippen LogP) is -0.314. The van der Waals surface area contributed by atoms with Crippen molar-refractivity contribution < 1.29 is 14.3 Å². The van der Waals surface area contributed by atoms with Crippen molar-refractivity contribution in [3.63, 3.8) is 0 Å². The van der Waals surface area contributed by atoms with Crippen LogP contribution < -0.4 is 5.32 Å². The lowest BCUT2D eigenvalue weighted by Gasteiger charge is -1.98. The zero-order valence-corrected chi connectivity index (χ0v) is 6.14. The molecule has 4 nitrogen and oxygen atoms in total. The van der Waals surface area contributed by atoms with Gasteiger partial charge in [-0.05, 0) is 6.92 Å². The first kappa shape index (κ1) is 8.94. The van der Waals surface area contributed by atoms with Crippen LogP contribution in [0, 0.1) is 0 Å². The Morgan fingerprint density at radius 2 is 2.10 bits per heavy atom. The zero-order valence-electron chi connectivity index (χ0n) is 6.14. The minimum Gasteiger partial charge on any atom is -0.466 e. The fourth-order valence-corrected chi connectivity index (χ4v) is 0.432. The molecule has 0 aromatic rings. The van der Waals surface area contributed by atoms with Crippen LogP contribution in [0.1, 0.15) is 13.3 Å². The largest absolute Gasteiger partial charge is 0.466 e. The van der Waals surface area contributed by atoms with Crippen LogP contribution in [0.3, 0.4) is 0 Å². The van der Waals surface area contributed by atoms with Crippen molar-refractivity contribution in [1.29, 1.82) is 0 Å². The quantitative estimate of drug-likeness (QED) is 0.437. The van der Waals surface area contributed by atoms with Crippen molar-refractivity contribution in [2.45, 2.75) is 13.3 Å². The molecule has 0 radical (unpaired) electrons. The number of ether oxygens (including phenoxy) is 1. The first-order valence-corrected chi connectivity index (χ1v) is 3.07. The second kappa shape index (κ2) is 4.78. The van der Waals surface area contributed by atoms with E-state index in [0.717, 1.165) is 0 Å². The molecule has 58 valence electrons. The predicted molar refractivity (Wildman–Crippen MR) is 35.3 cm³/mol. The van der Waals surface area contributed by atoms with Crippen LogP contribution in [0.15, 0.2) is 0 Å². The summed E-state index contributed by atoms with van der Waals surface area (Å²) in [5, 5.41) is 2.31. The molecule has 0 bridgehead atoms. The van der Waals surface area contributed by atoms with Crippen molar-refractivity contribution in [2.75, 3.05) is 13.7 Å². The number of hydrogen-bond acceptors (Lipinski definition) is 3. The average molecular weight is 145 g/mol. The van der Waals surface area contributed by atoms with Crippen molar-refractivity contribution in [2.24, 2.45) is 0 Å². The lowest BCUT2D eigenvalue weighted by molar-refractivity contribution is -0.145. The van der Waals surface area contributed by atoms with E-state index in [1.807, 2.05) is 0 Å². The van der Waals surface area contributed by atoms with Gasteiger partial charge in [0.15, 0.2) is 0 Å². The van der Waals surface area contributed by atoms with Crippen molar-refractivity contribution in [1.82, 2.24) is 5.32 Å². The Morgan fingerprint density at radius 1 is 1.50 bits per heavy atom. The molecule has 0 aliphatic rings. The summed E-state index contributed by atoms with van der Waals surface area (Å²) in [5.74, 6) is -0.805. The summed E-state index contributed by atoms with van der Waals surface area (Å²) in [7, 11) is 1.47. The Balaban J connectivity index is 3.47. The van der Waals surface area contributed by atoms with Gasteiger partial charge in [-0.1, -0.05) is 0 Å². The monoisotopic (exact) mass is 145 g/mol. The molecule has 1 amide bonds. The molecule has 0 unspecified atom stereocenters. The first-order chi connectivity index (χ1) is 4.70. The molecule has 4 heteroatoms. The van der Waals surface area contributed by atoms with E-state index in [1.165, 1.54) is 7.05 Å². The molecule has 0 heterocycles. The van der Waals surface area contributed by atoms with Gasteiger partial charge in [-0.3, -0.25) is 9.59 Å². The molecule has 0 rings (SSSR count). The SMILES string of the molecule is CCOC(=O)CC(=O)NC. The van der Waals surface area contributed by atoms with Gasteiger partial charge in [-0.25, -0.2) is 0 Å². The van der Waals surface area contributed by atoms with Gasteiger partial charge in [0.25, 0.3) is 0 Å². The lowest BCUT2D eigenvalue weighted by Crippen LogP contribution is -2.22. The summed E-state index contributed by atoms with van der Waals surface area (Å²) in [6, 6.07) is 0. The number of hydrogen-bond donors (Lipinski definition) is 1. The molecule has 0 aliphatic carbocycles. The molecular weight excluding hydrogens is 134 g/mol. The van der Waals surface area contributed by atoms with Crippen molar-refractivity contribution in [3.8, 4) is 0 Å². The standard InChI is InChI=1S/C6H11NO3/c1-3-10-6(9)4-5(8)7-2/h3-4H2,1-2H3,(H,7,8). The molecule has 0 saturated heterocycles. The summed E-state index contributed by atoms with van der Waals surface area (Å²) in [5.41, 5.74) is 0. The van der Waals surface area contributed by atoms with Crippen LogP contribution in [0.25, 0.3) is 0 Å². The van der Waals surface area contributed by atoms with Gasteiger partial charge < -0.3 is 10.1 Å². The van der Waals surface area contributed by atoms with Crippen LogP contribution in [0.2, 0.25) is 0 Å². The van der Waals surface area contributed by atoms with Crippen LogP contribution in [0.5, 0.6) is 0 Å². The maximum absolute atomic E-state index is 10.5. The minimum atomic E-state index is -0.484. The normalized spacial score (nSPS) is 8.60. The summed E-state index contributed by atoms with van der Waals surface area (Å²) in [6.07, 6.45) is -0.190. The van der Waals surface area contributed by atoms with Gasteiger partial charge in [0.1, 0.15) is 6.42 Å². The highest BCUT2D eigenvalue weighted by atomic mass is 16.5. The molecule has 0 saturated carbocycles. The van der Waals surface area contributed by atoms with E-state index >= 15 is 0 Å². The van der Waals surface area contributed by atoms with Gasteiger partial charge in [0.2, 0.25) is 5.91 Å². The Bertz CT molecular complexity index is 133. The van der Waals surface area contributed by atoms with E-state index in [0.29, 0.717) is 6.61 Å². The Morgan fingerprint density at radius 3 is 2.50 bits per heavy atom. The number of esters is 1. The van der Waals surface area contributed by atoms with Gasteiger partial charge in [-0.2, -0.15) is 0 Å². The molecule has 0 spiro atoms. The van der Waals surface area contributed by atoms with E-state index in [9.17, 15) is 9.59 Å². The van der Waals surface area contributed by atoms with Gasteiger partial charge >= 0.3 is 5.97 Å². The van der Waals surface area contributed by atoms with E-state index in [4.69, 9.17) is 0 Å². The third kappa shape index (κ3) is 3.88. The second-order valence-electron chi connectivity index (χ2n) is 1.65. The molecule has 0 fully saturated rings. The van der Waals surface area contributed by atoms with E-state index < -0.39 is 5.97 Å². The molecule has 0 aromatic carbocycles. The van der Waals surface area contributed by atoms with Gasteiger partial charge in [0.05, 0.1) is 6.61 Å².